The highest BCUT2D eigenvalue weighted by Gasteiger charge is 2.11. The van der Waals surface area contributed by atoms with Gasteiger partial charge in [0.25, 0.3) is 0 Å². The SMILES string of the molecule is CCCCCCCCCCCCNCC(=O)N(CCC#N)CCC#N. The van der Waals surface area contributed by atoms with Crippen LogP contribution in [0.4, 0.5) is 0 Å². The van der Waals surface area contributed by atoms with Crippen molar-refractivity contribution < 1.29 is 4.79 Å². The number of hydrogen-bond donors (Lipinski definition) is 1. The fourth-order valence-corrected chi connectivity index (χ4v) is 2.78. The van der Waals surface area contributed by atoms with Gasteiger partial charge >= 0.3 is 0 Å². The van der Waals surface area contributed by atoms with Crippen LogP contribution in [0.25, 0.3) is 0 Å². The maximum Gasteiger partial charge on any atom is 0.236 e. The minimum Gasteiger partial charge on any atom is -0.340 e. The van der Waals surface area contributed by atoms with Gasteiger partial charge < -0.3 is 10.2 Å². The van der Waals surface area contributed by atoms with E-state index in [9.17, 15) is 4.79 Å². The van der Waals surface area contributed by atoms with Gasteiger partial charge in [0, 0.05) is 13.1 Å². The van der Waals surface area contributed by atoms with E-state index < -0.39 is 0 Å². The van der Waals surface area contributed by atoms with Crippen LogP contribution in [0.3, 0.4) is 0 Å². The Morgan fingerprint density at radius 3 is 1.80 bits per heavy atom. The first-order chi connectivity index (χ1) is 12.3. The maximum atomic E-state index is 12.1. The zero-order valence-electron chi connectivity index (χ0n) is 16.1. The zero-order valence-corrected chi connectivity index (χ0v) is 16.1. The predicted octanol–water partition coefficient (Wildman–Crippen LogP) is 4.15. The van der Waals surface area contributed by atoms with E-state index >= 15 is 0 Å². The summed E-state index contributed by atoms with van der Waals surface area (Å²) in [5.41, 5.74) is 0. The number of nitriles is 2. The second kappa shape index (κ2) is 18.7. The Bertz CT molecular complexity index is 379. The summed E-state index contributed by atoms with van der Waals surface area (Å²) in [7, 11) is 0. The van der Waals surface area contributed by atoms with Crippen molar-refractivity contribution in [2.75, 3.05) is 26.2 Å². The third kappa shape index (κ3) is 15.7. The Balaban J connectivity index is 3.54. The van der Waals surface area contributed by atoms with Crippen molar-refractivity contribution in [1.29, 1.82) is 10.5 Å². The minimum absolute atomic E-state index is 0.0161. The van der Waals surface area contributed by atoms with E-state index in [0.717, 1.165) is 13.0 Å². The van der Waals surface area contributed by atoms with Crippen molar-refractivity contribution in [3.63, 3.8) is 0 Å². The van der Waals surface area contributed by atoms with Crippen molar-refractivity contribution in [3.8, 4) is 12.1 Å². The number of carbonyl (C=O) groups is 1. The van der Waals surface area contributed by atoms with Gasteiger partial charge in [0.05, 0.1) is 31.5 Å². The fourth-order valence-electron chi connectivity index (χ4n) is 2.78. The highest BCUT2D eigenvalue weighted by Crippen LogP contribution is 2.10. The van der Waals surface area contributed by atoms with Crippen molar-refractivity contribution in [1.82, 2.24) is 10.2 Å². The first kappa shape index (κ1) is 23.4. The van der Waals surface area contributed by atoms with Gasteiger partial charge in [-0.15, -0.1) is 0 Å². The molecule has 0 saturated carbocycles. The van der Waals surface area contributed by atoms with Gasteiger partial charge in [0.1, 0.15) is 0 Å². The molecule has 25 heavy (non-hydrogen) atoms. The molecule has 1 amide bonds. The lowest BCUT2D eigenvalue weighted by Crippen LogP contribution is -2.39. The second-order valence-corrected chi connectivity index (χ2v) is 6.56. The van der Waals surface area contributed by atoms with E-state index in [1.54, 1.807) is 4.90 Å². The van der Waals surface area contributed by atoms with Crippen LogP contribution in [0, 0.1) is 22.7 Å². The van der Waals surface area contributed by atoms with E-state index in [0.29, 0.717) is 32.5 Å². The standard InChI is InChI=1S/C20H36N4O/c1-2-3-4-5-6-7-8-9-10-11-16-23-19-20(25)24(17-12-14-21)18-13-15-22/h23H,2-13,16-19H2,1H3. The Morgan fingerprint density at radius 1 is 0.840 bits per heavy atom. The summed E-state index contributed by atoms with van der Waals surface area (Å²) in [6, 6.07) is 4.09. The molecule has 142 valence electrons. The quantitative estimate of drug-likeness (QED) is 0.400. The molecule has 0 spiro atoms. The topological polar surface area (TPSA) is 79.9 Å². The molecule has 0 radical (unpaired) electrons. The van der Waals surface area contributed by atoms with Gasteiger partial charge in [0.15, 0.2) is 0 Å². The van der Waals surface area contributed by atoms with E-state index in [1.807, 2.05) is 12.1 Å². The van der Waals surface area contributed by atoms with Crippen molar-refractivity contribution >= 4 is 5.91 Å². The van der Waals surface area contributed by atoms with E-state index in [1.165, 1.54) is 57.8 Å². The van der Waals surface area contributed by atoms with Gasteiger partial charge in [-0.05, 0) is 13.0 Å². The van der Waals surface area contributed by atoms with Gasteiger partial charge in [-0.3, -0.25) is 4.79 Å². The molecule has 1 N–H and O–H groups in total. The lowest BCUT2D eigenvalue weighted by Gasteiger charge is -2.20. The maximum absolute atomic E-state index is 12.1. The molecule has 0 unspecified atom stereocenters. The van der Waals surface area contributed by atoms with E-state index in [-0.39, 0.29) is 5.91 Å². The van der Waals surface area contributed by atoms with Crippen LogP contribution in [0.5, 0.6) is 0 Å². The Labute approximate surface area is 154 Å². The molecule has 0 aliphatic heterocycles. The number of nitrogens with zero attached hydrogens (tertiary/aromatic N) is 3. The monoisotopic (exact) mass is 348 g/mol. The Morgan fingerprint density at radius 2 is 1.32 bits per heavy atom. The smallest absolute Gasteiger partial charge is 0.236 e. The van der Waals surface area contributed by atoms with Crippen molar-refractivity contribution in [2.45, 2.75) is 84.0 Å². The summed E-state index contributed by atoms with van der Waals surface area (Å²) >= 11 is 0. The molecule has 0 aromatic carbocycles. The van der Waals surface area contributed by atoms with Gasteiger partial charge in [-0.1, -0.05) is 64.7 Å². The van der Waals surface area contributed by atoms with Crippen LogP contribution in [0.15, 0.2) is 0 Å². The predicted molar refractivity (Wildman–Crippen MR) is 102 cm³/mol. The fraction of sp³-hybridized carbons (Fsp3) is 0.850. The van der Waals surface area contributed by atoms with E-state index in [4.69, 9.17) is 10.5 Å². The van der Waals surface area contributed by atoms with Crippen LogP contribution >= 0.6 is 0 Å². The molecule has 0 aliphatic rings. The number of rotatable bonds is 17. The number of hydrogen-bond acceptors (Lipinski definition) is 4. The number of carbonyl (C=O) groups excluding carboxylic acids is 1. The summed E-state index contributed by atoms with van der Waals surface area (Å²) in [4.78, 5) is 13.7. The molecule has 0 atom stereocenters. The normalized spacial score (nSPS) is 10.2. The summed E-state index contributed by atoms with van der Waals surface area (Å²) < 4.78 is 0. The number of nitrogens with one attached hydrogen (secondary N) is 1. The first-order valence-corrected chi connectivity index (χ1v) is 9.98. The Kier molecular flexibility index (Phi) is 17.6. The average Bonchev–Trinajstić information content (AvgIpc) is 2.62. The zero-order chi connectivity index (χ0) is 18.6. The molecule has 0 heterocycles. The van der Waals surface area contributed by atoms with Crippen LogP contribution < -0.4 is 5.32 Å². The van der Waals surface area contributed by atoms with E-state index in [2.05, 4.69) is 12.2 Å². The van der Waals surface area contributed by atoms with Gasteiger partial charge in [-0.25, -0.2) is 0 Å². The molecule has 0 saturated heterocycles. The highest BCUT2D eigenvalue weighted by molar-refractivity contribution is 5.78. The first-order valence-electron chi connectivity index (χ1n) is 9.98. The third-order valence-corrected chi connectivity index (χ3v) is 4.32. The van der Waals surface area contributed by atoms with Crippen LogP contribution in [0.2, 0.25) is 0 Å². The summed E-state index contributed by atoms with van der Waals surface area (Å²) in [6.45, 7) is 4.23. The second-order valence-electron chi connectivity index (χ2n) is 6.56. The molecule has 0 aromatic heterocycles. The lowest BCUT2D eigenvalue weighted by atomic mass is 10.1. The molecular formula is C20H36N4O. The summed E-state index contributed by atoms with van der Waals surface area (Å²) in [6.07, 6.45) is 13.7. The van der Waals surface area contributed by atoms with Crippen molar-refractivity contribution in [3.05, 3.63) is 0 Å². The molecule has 5 heteroatoms. The van der Waals surface area contributed by atoms with Crippen LogP contribution in [-0.4, -0.2) is 37.0 Å². The van der Waals surface area contributed by atoms with Crippen LogP contribution in [0.1, 0.15) is 84.0 Å². The highest BCUT2D eigenvalue weighted by atomic mass is 16.2. The average molecular weight is 349 g/mol. The largest absolute Gasteiger partial charge is 0.340 e. The summed E-state index contributed by atoms with van der Waals surface area (Å²) in [5.74, 6) is -0.0161. The third-order valence-electron chi connectivity index (χ3n) is 4.32. The molecule has 0 rings (SSSR count). The number of unbranched alkanes of at least 4 members (excludes halogenated alkanes) is 9. The molecule has 0 fully saturated rings. The van der Waals surface area contributed by atoms with Gasteiger partial charge in [0.2, 0.25) is 5.91 Å². The lowest BCUT2D eigenvalue weighted by molar-refractivity contribution is -0.130. The summed E-state index contributed by atoms with van der Waals surface area (Å²) in [5, 5.41) is 20.5. The molecule has 0 aromatic rings. The number of amides is 1. The van der Waals surface area contributed by atoms with Crippen molar-refractivity contribution in [2.24, 2.45) is 0 Å². The molecule has 0 bridgehead atoms. The molecular weight excluding hydrogens is 312 g/mol. The molecule has 5 nitrogen and oxygen atoms in total. The van der Waals surface area contributed by atoms with Gasteiger partial charge in [-0.2, -0.15) is 10.5 Å². The molecule has 0 aliphatic carbocycles. The minimum atomic E-state index is -0.0161. The van der Waals surface area contributed by atoms with Crippen LogP contribution in [-0.2, 0) is 4.79 Å². The Hall–Kier alpha value is -1.59.